The summed E-state index contributed by atoms with van der Waals surface area (Å²) in [4.78, 5) is 11.9. The van der Waals surface area contributed by atoms with Crippen LogP contribution in [0, 0.1) is 18.8 Å². The molecule has 0 aliphatic carbocycles. The van der Waals surface area contributed by atoms with Crippen molar-refractivity contribution in [1.82, 2.24) is 5.01 Å². The molecule has 0 unspecified atom stereocenters. The molecule has 0 saturated heterocycles. The van der Waals surface area contributed by atoms with Gasteiger partial charge in [-0.05, 0) is 47.2 Å². The van der Waals surface area contributed by atoms with Gasteiger partial charge in [-0.15, -0.1) is 4.91 Å². The van der Waals surface area contributed by atoms with Gasteiger partial charge in [0.25, 0.3) is 0 Å². The monoisotopic (exact) mass is 328 g/mol. The highest BCUT2D eigenvalue weighted by Gasteiger charge is 2.42. The number of hydrogen-bond acceptors (Lipinski definition) is 2. The van der Waals surface area contributed by atoms with Crippen LogP contribution >= 0.6 is 0 Å². The van der Waals surface area contributed by atoms with E-state index in [2.05, 4.69) is 55.5 Å². The molecular weight excluding hydrogens is 308 g/mol. The van der Waals surface area contributed by atoms with E-state index in [1.165, 1.54) is 22.3 Å². The predicted octanol–water partition coefficient (Wildman–Crippen LogP) is 5.48. The molecular formula is C22H20N2O. The van der Waals surface area contributed by atoms with Gasteiger partial charge in [0, 0.05) is 0 Å². The van der Waals surface area contributed by atoms with Gasteiger partial charge in [0.15, 0.2) is 0 Å². The molecule has 0 fully saturated rings. The lowest BCUT2D eigenvalue weighted by Gasteiger charge is -2.25. The lowest BCUT2D eigenvalue weighted by atomic mass is 9.89. The molecule has 3 nitrogen and oxygen atoms in total. The van der Waals surface area contributed by atoms with Crippen LogP contribution in [0.1, 0.15) is 45.5 Å². The summed E-state index contributed by atoms with van der Waals surface area (Å²) in [6.07, 6.45) is 0. The zero-order valence-corrected chi connectivity index (χ0v) is 14.4. The highest BCUT2D eigenvalue weighted by Crippen LogP contribution is 2.50. The van der Waals surface area contributed by atoms with Gasteiger partial charge in [-0.2, -0.15) is 0 Å². The second-order valence-electron chi connectivity index (χ2n) is 6.61. The zero-order valence-electron chi connectivity index (χ0n) is 14.4. The van der Waals surface area contributed by atoms with E-state index in [-0.39, 0.29) is 12.1 Å². The van der Waals surface area contributed by atoms with Crippen molar-refractivity contribution in [3.05, 3.63) is 111 Å². The first kappa shape index (κ1) is 15.6. The number of fused-ring (bicyclic) bond motifs is 1. The van der Waals surface area contributed by atoms with Gasteiger partial charge < -0.3 is 0 Å². The van der Waals surface area contributed by atoms with Crippen molar-refractivity contribution in [2.24, 2.45) is 5.29 Å². The molecule has 0 saturated carbocycles. The van der Waals surface area contributed by atoms with E-state index in [1.807, 2.05) is 36.4 Å². The lowest BCUT2D eigenvalue weighted by molar-refractivity contribution is 0.215. The zero-order chi connectivity index (χ0) is 17.4. The molecule has 1 aliphatic rings. The summed E-state index contributed by atoms with van der Waals surface area (Å²) in [5, 5.41) is 5.20. The molecule has 0 bridgehead atoms. The first-order valence-electron chi connectivity index (χ1n) is 8.54. The molecule has 0 amide bonds. The second-order valence-corrected chi connectivity index (χ2v) is 6.61. The van der Waals surface area contributed by atoms with E-state index < -0.39 is 0 Å². The molecule has 1 heterocycles. The SMILES string of the molecule is Cc1ccc(C)c2c1[C@@H](c1ccccc1)N(N=O)[C@H]2c1ccccc1. The summed E-state index contributed by atoms with van der Waals surface area (Å²) >= 11 is 0. The second kappa shape index (κ2) is 6.17. The molecule has 0 aromatic heterocycles. The van der Waals surface area contributed by atoms with Crippen LogP contribution in [0.4, 0.5) is 0 Å². The van der Waals surface area contributed by atoms with Crippen LogP contribution in [-0.2, 0) is 0 Å². The third-order valence-electron chi connectivity index (χ3n) is 5.12. The van der Waals surface area contributed by atoms with Crippen molar-refractivity contribution in [2.45, 2.75) is 25.9 Å². The summed E-state index contributed by atoms with van der Waals surface area (Å²) in [5.41, 5.74) is 6.99. The molecule has 2 atom stereocenters. The Morgan fingerprint density at radius 1 is 0.680 bits per heavy atom. The number of hydrogen-bond donors (Lipinski definition) is 0. The van der Waals surface area contributed by atoms with E-state index in [9.17, 15) is 4.91 Å². The molecule has 3 heteroatoms. The van der Waals surface area contributed by atoms with E-state index in [0.717, 1.165) is 11.1 Å². The van der Waals surface area contributed by atoms with Gasteiger partial charge in [-0.25, -0.2) is 5.01 Å². The number of nitroso groups, excluding NO2 is 1. The third kappa shape index (κ3) is 2.43. The van der Waals surface area contributed by atoms with Crippen molar-refractivity contribution < 1.29 is 0 Å². The van der Waals surface area contributed by atoms with Crippen LogP contribution in [0.3, 0.4) is 0 Å². The first-order valence-corrected chi connectivity index (χ1v) is 8.54. The number of aryl methyl sites for hydroxylation is 2. The fourth-order valence-electron chi connectivity index (χ4n) is 4.00. The Kier molecular flexibility index (Phi) is 3.85. The maximum Gasteiger partial charge on any atom is 0.102 e. The smallest absolute Gasteiger partial charge is 0.102 e. The predicted molar refractivity (Wildman–Crippen MR) is 100 cm³/mol. The van der Waals surface area contributed by atoms with Crippen molar-refractivity contribution in [1.29, 1.82) is 0 Å². The normalized spacial score (nSPS) is 18.9. The molecule has 1 aliphatic heterocycles. The van der Waals surface area contributed by atoms with Crippen molar-refractivity contribution in [3.8, 4) is 0 Å². The van der Waals surface area contributed by atoms with Crippen molar-refractivity contribution in [2.75, 3.05) is 0 Å². The molecule has 0 radical (unpaired) electrons. The van der Waals surface area contributed by atoms with E-state index >= 15 is 0 Å². The molecule has 0 N–H and O–H groups in total. The van der Waals surface area contributed by atoms with Gasteiger partial charge in [0.2, 0.25) is 0 Å². The minimum absolute atomic E-state index is 0.154. The Balaban J connectivity index is 2.00. The number of rotatable bonds is 3. The maximum atomic E-state index is 11.9. The van der Waals surface area contributed by atoms with E-state index in [1.54, 1.807) is 5.01 Å². The molecule has 0 spiro atoms. The highest BCUT2D eigenvalue weighted by atomic mass is 16.3. The Hall–Kier alpha value is -2.94. The fourth-order valence-corrected chi connectivity index (χ4v) is 4.00. The summed E-state index contributed by atoms with van der Waals surface area (Å²) < 4.78 is 0. The van der Waals surface area contributed by atoms with Gasteiger partial charge in [0.1, 0.15) is 12.1 Å². The average molecular weight is 328 g/mol. The average Bonchev–Trinajstić information content (AvgIpc) is 3.02. The minimum atomic E-state index is -0.154. The summed E-state index contributed by atoms with van der Waals surface area (Å²) in [5.74, 6) is 0. The van der Waals surface area contributed by atoms with Crippen LogP contribution in [-0.4, -0.2) is 5.01 Å². The molecule has 3 aromatic rings. The summed E-state index contributed by atoms with van der Waals surface area (Å²) in [6, 6.07) is 24.3. The fraction of sp³-hybridized carbons (Fsp3) is 0.182. The molecule has 124 valence electrons. The topological polar surface area (TPSA) is 32.7 Å². The van der Waals surface area contributed by atoms with Crippen LogP contribution in [0.5, 0.6) is 0 Å². The van der Waals surface area contributed by atoms with Crippen molar-refractivity contribution >= 4 is 0 Å². The Morgan fingerprint density at radius 2 is 1.08 bits per heavy atom. The van der Waals surface area contributed by atoms with Gasteiger partial charge in [-0.1, -0.05) is 72.8 Å². The van der Waals surface area contributed by atoms with Gasteiger partial charge >= 0.3 is 0 Å². The quantitative estimate of drug-likeness (QED) is 0.596. The van der Waals surface area contributed by atoms with Gasteiger partial charge in [-0.3, -0.25) is 0 Å². The van der Waals surface area contributed by atoms with Crippen molar-refractivity contribution in [3.63, 3.8) is 0 Å². The Morgan fingerprint density at radius 3 is 1.44 bits per heavy atom. The van der Waals surface area contributed by atoms with E-state index in [4.69, 9.17) is 0 Å². The number of nitrogens with zero attached hydrogens (tertiary/aromatic N) is 2. The third-order valence-corrected chi connectivity index (χ3v) is 5.12. The van der Waals surface area contributed by atoms with Crippen LogP contribution < -0.4 is 0 Å². The van der Waals surface area contributed by atoms with E-state index in [0.29, 0.717) is 0 Å². The lowest BCUT2D eigenvalue weighted by Crippen LogP contribution is -2.22. The molecule has 3 aromatic carbocycles. The largest absolute Gasteiger partial charge is 0.237 e. The molecule has 4 rings (SSSR count). The maximum absolute atomic E-state index is 11.9. The van der Waals surface area contributed by atoms with Crippen LogP contribution in [0.15, 0.2) is 78.1 Å². The minimum Gasteiger partial charge on any atom is -0.237 e. The highest BCUT2D eigenvalue weighted by molar-refractivity contribution is 5.54. The number of benzene rings is 3. The standard InChI is InChI=1S/C22H20N2O/c1-15-13-14-16(2)20-19(15)21(17-9-5-3-6-10-17)24(23-25)22(20)18-11-7-4-8-12-18/h3-14,21-22H,1-2H3/t21-,22+. The Bertz CT molecular complexity index is 834. The van der Waals surface area contributed by atoms with Crippen LogP contribution in [0.2, 0.25) is 0 Å². The first-order chi connectivity index (χ1) is 12.2. The molecule has 25 heavy (non-hydrogen) atoms. The van der Waals surface area contributed by atoms with Crippen LogP contribution in [0.25, 0.3) is 0 Å². The van der Waals surface area contributed by atoms with Gasteiger partial charge in [0.05, 0.1) is 5.29 Å². The Labute approximate surface area is 147 Å². The summed E-state index contributed by atoms with van der Waals surface area (Å²) in [6.45, 7) is 4.23. The summed E-state index contributed by atoms with van der Waals surface area (Å²) in [7, 11) is 0.